The first kappa shape index (κ1) is 22.5. The maximum absolute atomic E-state index is 12.2. The van der Waals surface area contributed by atoms with E-state index >= 15 is 0 Å². The highest BCUT2D eigenvalue weighted by molar-refractivity contribution is 7.99. The van der Waals surface area contributed by atoms with Crippen LogP contribution in [0.5, 0.6) is 5.75 Å². The van der Waals surface area contributed by atoms with Crippen molar-refractivity contribution in [1.82, 2.24) is 10.0 Å². The molecule has 2 aromatic rings. The van der Waals surface area contributed by atoms with Crippen LogP contribution in [0.3, 0.4) is 0 Å². The summed E-state index contributed by atoms with van der Waals surface area (Å²) in [4.78, 5) is 13.1. The Kier molecular flexibility index (Phi) is 9.11. The number of benzene rings is 2. The number of thioether (sulfide) groups is 1. The smallest absolute Gasteiger partial charge is 0.240 e. The van der Waals surface area contributed by atoms with Crippen molar-refractivity contribution in [2.45, 2.75) is 23.1 Å². The molecule has 2 N–H and O–H groups in total. The van der Waals surface area contributed by atoms with Crippen LogP contribution in [-0.2, 0) is 14.8 Å². The van der Waals surface area contributed by atoms with Crippen LogP contribution in [0.25, 0.3) is 0 Å². The Labute approximate surface area is 175 Å². The van der Waals surface area contributed by atoms with Crippen molar-refractivity contribution < 1.29 is 17.9 Å². The van der Waals surface area contributed by atoms with Gasteiger partial charge < -0.3 is 10.1 Å². The van der Waals surface area contributed by atoms with Crippen LogP contribution in [-0.4, -0.2) is 39.8 Å². The highest BCUT2D eigenvalue weighted by Gasteiger charge is 2.14. The number of hydrogen-bond acceptors (Lipinski definition) is 5. The molecule has 0 aromatic heterocycles. The molecule has 28 heavy (non-hydrogen) atoms. The summed E-state index contributed by atoms with van der Waals surface area (Å²) in [5, 5.41) is 3.46. The van der Waals surface area contributed by atoms with E-state index in [1.807, 2.05) is 31.2 Å². The molecular formula is C19H23ClN2O4S2. The standard InChI is InChI=1S/C19H23ClN2O4S2/c1-2-26-16-5-9-18(10-6-16)28(24,25)22-12-11-19(23)21-13-14-27-17-7-3-15(20)4-8-17/h3-10,22H,2,11-14H2,1H3,(H,21,23). The van der Waals surface area contributed by atoms with Gasteiger partial charge in [0.25, 0.3) is 0 Å². The van der Waals surface area contributed by atoms with E-state index in [1.54, 1.807) is 23.9 Å². The van der Waals surface area contributed by atoms with E-state index in [2.05, 4.69) is 10.0 Å². The Hall–Kier alpha value is -1.74. The molecule has 0 heterocycles. The molecule has 0 aliphatic rings. The van der Waals surface area contributed by atoms with Crippen LogP contribution in [0.15, 0.2) is 58.3 Å². The number of amides is 1. The summed E-state index contributed by atoms with van der Waals surface area (Å²) in [5.74, 6) is 1.12. The van der Waals surface area contributed by atoms with Crippen molar-refractivity contribution in [3.05, 3.63) is 53.6 Å². The van der Waals surface area contributed by atoms with Gasteiger partial charge in [-0.05, 0) is 55.5 Å². The molecule has 0 radical (unpaired) electrons. The fourth-order valence-corrected chi connectivity index (χ4v) is 4.17. The molecule has 2 rings (SSSR count). The minimum atomic E-state index is -3.65. The highest BCUT2D eigenvalue weighted by Crippen LogP contribution is 2.19. The second-order valence-electron chi connectivity index (χ2n) is 5.70. The first-order valence-corrected chi connectivity index (χ1v) is 11.6. The summed E-state index contributed by atoms with van der Waals surface area (Å²) in [5.41, 5.74) is 0. The number of halogens is 1. The van der Waals surface area contributed by atoms with Crippen molar-refractivity contribution in [2.75, 3.05) is 25.4 Å². The number of carbonyl (C=O) groups excluding carboxylic acids is 1. The van der Waals surface area contributed by atoms with E-state index in [0.29, 0.717) is 29.7 Å². The number of hydrogen-bond donors (Lipinski definition) is 2. The lowest BCUT2D eigenvalue weighted by molar-refractivity contribution is -0.120. The first-order chi connectivity index (χ1) is 13.4. The molecule has 6 nitrogen and oxygen atoms in total. The maximum atomic E-state index is 12.2. The van der Waals surface area contributed by atoms with Crippen LogP contribution in [0.2, 0.25) is 5.02 Å². The van der Waals surface area contributed by atoms with Gasteiger partial charge in [0.15, 0.2) is 0 Å². The van der Waals surface area contributed by atoms with Gasteiger partial charge >= 0.3 is 0 Å². The molecule has 0 saturated carbocycles. The molecule has 2 aromatic carbocycles. The minimum Gasteiger partial charge on any atom is -0.494 e. The van der Waals surface area contributed by atoms with Crippen LogP contribution in [0.4, 0.5) is 0 Å². The van der Waals surface area contributed by atoms with Crippen LogP contribution in [0, 0.1) is 0 Å². The van der Waals surface area contributed by atoms with Gasteiger partial charge in [0.2, 0.25) is 15.9 Å². The third-order valence-corrected chi connectivity index (χ3v) is 6.34. The van der Waals surface area contributed by atoms with Gasteiger partial charge in [0.05, 0.1) is 11.5 Å². The molecule has 9 heteroatoms. The molecule has 0 saturated heterocycles. The zero-order valence-electron chi connectivity index (χ0n) is 15.5. The fourth-order valence-electron chi connectivity index (χ4n) is 2.24. The molecule has 0 aliphatic heterocycles. The molecule has 0 aliphatic carbocycles. The van der Waals surface area contributed by atoms with Gasteiger partial charge in [-0.1, -0.05) is 11.6 Å². The van der Waals surface area contributed by atoms with Crippen LogP contribution < -0.4 is 14.8 Å². The van der Waals surface area contributed by atoms with Crippen molar-refractivity contribution in [3.8, 4) is 5.75 Å². The van der Waals surface area contributed by atoms with E-state index < -0.39 is 10.0 Å². The third-order valence-electron chi connectivity index (χ3n) is 3.60. The summed E-state index contributed by atoms with van der Waals surface area (Å²) >= 11 is 7.44. The SMILES string of the molecule is CCOc1ccc(S(=O)(=O)NCCC(=O)NCCSc2ccc(Cl)cc2)cc1. The lowest BCUT2D eigenvalue weighted by Crippen LogP contribution is -2.31. The zero-order valence-corrected chi connectivity index (χ0v) is 17.9. The normalized spacial score (nSPS) is 11.2. The third kappa shape index (κ3) is 7.71. The summed E-state index contributed by atoms with van der Waals surface area (Å²) in [6.45, 7) is 2.90. The van der Waals surface area contributed by atoms with E-state index in [-0.39, 0.29) is 23.8 Å². The Bertz CT molecular complexity index is 857. The number of carbonyl (C=O) groups is 1. The minimum absolute atomic E-state index is 0.0334. The quantitative estimate of drug-likeness (QED) is 0.412. The lowest BCUT2D eigenvalue weighted by atomic mass is 10.3. The molecule has 0 fully saturated rings. The first-order valence-electron chi connectivity index (χ1n) is 8.78. The lowest BCUT2D eigenvalue weighted by Gasteiger charge is -2.09. The molecule has 1 amide bonds. The summed E-state index contributed by atoms with van der Waals surface area (Å²) < 4.78 is 32.2. The Morgan fingerprint density at radius 1 is 1.07 bits per heavy atom. The van der Waals surface area contributed by atoms with Crippen molar-refractivity contribution >= 4 is 39.3 Å². The second-order valence-corrected chi connectivity index (χ2v) is 9.08. The van der Waals surface area contributed by atoms with E-state index in [4.69, 9.17) is 16.3 Å². The monoisotopic (exact) mass is 442 g/mol. The molecule has 0 spiro atoms. The van der Waals surface area contributed by atoms with Crippen LogP contribution >= 0.6 is 23.4 Å². The Balaban J connectivity index is 1.67. The number of rotatable bonds is 11. The van der Waals surface area contributed by atoms with Crippen LogP contribution in [0.1, 0.15) is 13.3 Å². The average Bonchev–Trinajstić information content (AvgIpc) is 2.67. The maximum Gasteiger partial charge on any atom is 0.240 e. The Morgan fingerprint density at radius 2 is 1.75 bits per heavy atom. The van der Waals surface area contributed by atoms with E-state index in [0.717, 1.165) is 4.90 Å². The fraction of sp³-hybridized carbons (Fsp3) is 0.316. The second kappa shape index (κ2) is 11.3. The topological polar surface area (TPSA) is 84.5 Å². The highest BCUT2D eigenvalue weighted by atomic mass is 35.5. The predicted molar refractivity (Wildman–Crippen MR) is 113 cm³/mol. The molecule has 0 unspecified atom stereocenters. The number of nitrogens with one attached hydrogen (secondary N) is 2. The van der Waals surface area contributed by atoms with Gasteiger partial charge in [0, 0.05) is 35.2 Å². The van der Waals surface area contributed by atoms with Crippen molar-refractivity contribution in [3.63, 3.8) is 0 Å². The van der Waals surface area contributed by atoms with Gasteiger partial charge in [0.1, 0.15) is 5.75 Å². The Morgan fingerprint density at radius 3 is 2.39 bits per heavy atom. The zero-order chi connectivity index (χ0) is 20.4. The molecule has 152 valence electrons. The van der Waals surface area contributed by atoms with Gasteiger partial charge in [-0.15, -0.1) is 11.8 Å². The summed E-state index contributed by atoms with van der Waals surface area (Å²) in [6, 6.07) is 13.6. The number of sulfonamides is 1. The molecule has 0 bridgehead atoms. The van der Waals surface area contributed by atoms with E-state index in [9.17, 15) is 13.2 Å². The average molecular weight is 443 g/mol. The van der Waals surface area contributed by atoms with Crippen molar-refractivity contribution in [2.24, 2.45) is 0 Å². The van der Waals surface area contributed by atoms with Gasteiger partial charge in [-0.25, -0.2) is 13.1 Å². The summed E-state index contributed by atoms with van der Waals surface area (Å²) in [6.07, 6.45) is 0.0713. The van der Waals surface area contributed by atoms with E-state index in [1.165, 1.54) is 12.1 Å². The van der Waals surface area contributed by atoms with Gasteiger partial charge in [-0.3, -0.25) is 4.79 Å². The predicted octanol–water partition coefficient (Wildman–Crippen LogP) is 3.32. The van der Waals surface area contributed by atoms with Crippen molar-refractivity contribution in [1.29, 1.82) is 0 Å². The number of ether oxygens (including phenoxy) is 1. The van der Waals surface area contributed by atoms with Gasteiger partial charge in [-0.2, -0.15) is 0 Å². The molecular weight excluding hydrogens is 420 g/mol. The largest absolute Gasteiger partial charge is 0.494 e. The summed E-state index contributed by atoms with van der Waals surface area (Å²) in [7, 11) is -3.65. The molecule has 0 atom stereocenters.